The van der Waals surface area contributed by atoms with Crippen molar-refractivity contribution in [2.45, 2.75) is 63.8 Å². The maximum atomic E-state index is 3.88. The third kappa shape index (κ3) is 2.71. The summed E-state index contributed by atoms with van der Waals surface area (Å²) in [5, 5.41) is 3.88. The van der Waals surface area contributed by atoms with E-state index in [1.807, 2.05) is 0 Å². The average Bonchev–Trinajstić information content (AvgIpc) is 2.17. The summed E-state index contributed by atoms with van der Waals surface area (Å²) in [5.41, 5.74) is 0. The van der Waals surface area contributed by atoms with E-state index < -0.39 is 0 Å². The van der Waals surface area contributed by atoms with Gasteiger partial charge < -0.3 is 5.32 Å². The van der Waals surface area contributed by atoms with Crippen LogP contribution < -0.4 is 5.32 Å². The van der Waals surface area contributed by atoms with Crippen molar-refractivity contribution in [3.05, 3.63) is 0 Å². The van der Waals surface area contributed by atoms with Crippen molar-refractivity contribution in [2.24, 2.45) is 11.8 Å². The quantitative estimate of drug-likeness (QED) is 0.734. The van der Waals surface area contributed by atoms with Gasteiger partial charge in [0, 0.05) is 6.04 Å². The zero-order chi connectivity index (χ0) is 10.9. The van der Waals surface area contributed by atoms with Crippen LogP contribution in [0.4, 0.5) is 0 Å². The monoisotopic (exact) mass is 227 g/mol. The molecule has 1 nitrogen and oxygen atoms in total. The Kier molecular flexibility index (Phi) is 3.67. The molecule has 1 saturated heterocycles. The van der Waals surface area contributed by atoms with Gasteiger partial charge in [-0.2, -0.15) is 0 Å². The van der Waals surface area contributed by atoms with E-state index in [0.29, 0.717) is 4.87 Å². The van der Waals surface area contributed by atoms with Crippen LogP contribution in [0.15, 0.2) is 0 Å². The summed E-state index contributed by atoms with van der Waals surface area (Å²) in [7, 11) is 0. The Bertz CT molecular complexity index is 213. The molecule has 0 bridgehead atoms. The molecule has 1 N–H and O–H groups in total. The molecule has 88 valence electrons. The summed E-state index contributed by atoms with van der Waals surface area (Å²) in [4.78, 5) is 0.449. The normalized spacial score (nSPS) is 42.4. The largest absolute Gasteiger partial charge is 0.300 e. The minimum Gasteiger partial charge on any atom is -0.300 e. The highest BCUT2D eigenvalue weighted by atomic mass is 32.2. The molecular weight excluding hydrogens is 202 g/mol. The number of thioether (sulfide) groups is 1. The van der Waals surface area contributed by atoms with Crippen LogP contribution in [-0.4, -0.2) is 16.7 Å². The van der Waals surface area contributed by atoms with E-state index in [2.05, 4.69) is 37.8 Å². The Morgan fingerprint density at radius 3 is 2.80 bits per heavy atom. The lowest BCUT2D eigenvalue weighted by atomic mass is 9.78. The fourth-order valence-corrected chi connectivity index (χ4v) is 4.87. The van der Waals surface area contributed by atoms with Crippen molar-refractivity contribution in [1.29, 1.82) is 0 Å². The topological polar surface area (TPSA) is 12.0 Å². The third-order valence-electron chi connectivity index (χ3n) is 4.13. The lowest BCUT2D eigenvalue weighted by molar-refractivity contribution is 0.197. The number of nitrogens with one attached hydrogen (secondary N) is 1. The van der Waals surface area contributed by atoms with Crippen molar-refractivity contribution < 1.29 is 0 Å². The summed E-state index contributed by atoms with van der Waals surface area (Å²) in [5.74, 6) is 3.17. The summed E-state index contributed by atoms with van der Waals surface area (Å²) >= 11 is 2.20. The first kappa shape index (κ1) is 11.8. The van der Waals surface area contributed by atoms with E-state index >= 15 is 0 Å². The van der Waals surface area contributed by atoms with Crippen molar-refractivity contribution in [2.75, 3.05) is 5.75 Å². The molecule has 0 radical (unpaired) electrons. The van der Waals surface area contributed by atoms with E-state index in [9.17, 15) is 0 Å². The van der Waals surface area contributed by atoms with Gasteiger partial charge in [0.05, 0.1) is 4.87 Å². The van der Waals surface area contributed by atoms with E-state index in [1.54, 1.807) is 0 Å². The van der Waals surface area contributed by atoms with Crippen LogP contribution in [-0.2, 0) is 0 Å². The molecule has 2 aliphatic rings. The highest BCUT2D eigenvalue weighted by Crippen LogP contribution is 2.45. The smallest absolute Gasteiger partial charge is 0.0650 e. The maximum Gasteiger partial charge on any atom is 0.0650 e. The highest BCUT2D eigenvalue weighted by Gasteiger charge is 2.40. The van der Waals surface area contributed by atoms with E-state index in [0.717, 1.165) is 17.9 Å². The Hall–Kier alpha value is 0.310. The molecule has 1 aliphatic carbocycles. The second-order valence-electron chi connectivity index (χ2n) is 5.78. The van der Waals surface area contributed by atoms with Crippen LogP contribution in [0.1, 0.15) is 52.9 Å². The van der Waals surface area contributed by atoms with Crippen LogP contribution in [0.25, 0.3) is 0 Å². The lowest BCUT2D eigenvalue weighted by Crippen LogP contribution is -2.53. The highest BCUT2D eigenvalue weighted by molar-refractivity contribution is 8.00. The average molecular weight is 227 g/mol. The van der Waals surface area contributed by atoms with Gasteiger partial charge in [0.1, 0.15) is 0 Å². The zero-order valence-electron chi connectivity index (χ0n) is 10.4. The molecule has 1 saturated carbocycles. The molecule has 0 aromatic heterocycles. The molecule has 0 aromatic carbocycles. The molecule has 2 heteroatoms. The molecule has 0 aromatic rings. The molecular formula is C13H25NS. The molecule has 3 unspecified atom stereocenters. The standard InChI is InChI=1S/C13H25NS/c1-10(2)12-5-4-7-13(9-12)14-11(3)6-8-15-13/h10-12,14H,4-9H2,1-3H3. The van der Waals surface area contributed by atoms with Gasteiger partial charge in [0.25, 0.3) is 0 Å². The second-order valence-corrected chi connectivity index (χ2v) is 7.26. The van der Waals surface area contributed by atoms with Gasteiger partial charge in [0.2, 0.25) is 0 Å². The molecule has 15 heavy (non-hydrogen) atoms. The van der Waals surface area contributed by atoms with Gasteiger partial charge in [-0.3, -0.25) is 0 Å². The van der Waals surface area contributed by atoms with E-state index in [-0.39, 0.29) is 0 Å². The molecule has 1 spiro atoms. The lowest BCUT2D eigenvalue weighted by Gasteiger charge is -2.47. The van der Waals surface area contributed by atoms with Crippen LogP contribution in [0.2, 0.25) is 0 Å². The maximum absolute atomic E-state index is 3.88. The van der Waals surface area contributed by atoms with Gasteiger partial charge in [-0.25, -0.2) is 0 Å². The van der Waals surface area contributed by atoms with Crippen molar-refractivity contribution in [3.63, 3.8) is 0 Å². The van der Waals surface area contributed by atoms with E-state index in [1.165, 1.54) is 37.9 Å². The number of hydrogen-bond donors (Lipinski definition) is 1. The van der Waals surface area contributed by atoms with Gasteiger partial charge >= 0.3 is 0 Å². The molecule has 2 fully saturated rings. The molecule has 1 aliphatic heterocycles. The third-order valence-corrected chi connectivity index (χ3v) is 5.61. The van der Waals surface area contributed by atoms with Gasteiger partial charge in [0.15, 0.2) is 0 Å². The van der Waals surface area contributed by atoms with Gasteiger partial charge in [-0.15, -0.1) is 11.8 Å². The van der Waals surface area contributed by atoms with Crippen molar-refractivity contribution in [1.82, 2.24) is 5.32 Å². The Morgan fingerprint density at radius 2 is 2.13 bits per heavy atom. The number of rotatable bonds is 1. The van der Waals surface area contributed by atoms with Crippen molar-refractivity contribution in [3.8, 4) is 0 Å². The predicted molar refractivity (Wildman–Crippen MR) is 69.2 cm³/mol. The van der Waals surface area contributed by atoms with Crippen molar-refractivity contribution >= 4 is 11.8 Å². The Balaban J connectivity index is 2.01. The van der Waals surface area contributed by atoms with Crippen LogP contribution in [0.5, 0.6) is 0 Å². The first-order valence-corrected chi connectivity index (χ1v) is 7.51. The second kappa shape index (κ2) is 4.67. The summed E-state index contributed by atoms with van der Waals surface area (Å²) in [6, 6.07) is 0.733. The summed E-state index contributed by atoms with van der Waals surface area (Å²) in [6.07, 6.45) is 7.02. The first-order valence-electron chi connectivity index (χ1n) is 6.53. The number of hydrogen-bond acceptors (Lipinski definition) is 2. The molecule has 2 rings (SSSR count). The van der Waals surface area contributed by atoms with E-state index in [4.69, 9.17) is 0 Å². The van der Waals surface area contributed by atoms with Crippen LogP contribution in [0, 0.1) is 11.8 Å². The first-order chi connectivity index (χ1) is 7.11. The summed E-state index contributed by atoms with van der Waals surface area (Å²) < 4.78 is 0. The minimum absolute atomic E-state index is 0.449. The SMILES string of the molecule is CC1CCSC2(CCCC(C(C)C)C2)N1. The fourth-order valence-electron chi connectivity index (χ4n) is 3.10. The minimum atomic E-state index is 0.449. The Labute approximate surface area is 98.8 Å². The molecule has 0 amide bonds. The van der Waals surface area contributed by atoms with Gasteiger partial charge in [-0.1, -0.05) is 26.7 Å². The van der Waals surface area contributed by atoms with Gasteiger partial charge in [-0.05, 0) is 43.8 Å². The fraction of sp³-hybridized carbons (Fsp3) is 1.00. The van der Waals surface area contributed by atoms with Crippen LogP contribution in [0.3, 0.4) is 0 Å². The summed E-state index contributed by atoms with van der Waals surface area (Å²) in [6.45, 7) is 7.13. The van der Waals surface area contributed by atoms with Crippen LogP contribution >= 0.6 is 11.8 Å². The zero-order valence-corrected chi connectivity index (χ0v) is 11.2. The predicted octanol–water partition coefficient (Wildman–Crippen LogP) is 3.64. The molecule has 1 heterocycles. The Morgan fingerprint density at radius 1 is 1.33 bits per heavy atom. The molecule has 3 atom stereocenters.